The molecular weight excluding hydrogens is 200 g/mol. The van der Waals surface area contributed by atoms with Gasteiger partial charge in [-0.05, 0) is 0 Å². The van der Waals surface area contributed by atoms with Crippen LogP contribution in [0, 0.1) is 0 Å². The lowest BCUT2D eigenvalue weighted by Crippen LogP contribution is -2.30. The molecule has 0 atom stereocenters. The summed E-state index contributed by atoms with van der Waals surface area (Å²) in [5, 5.41) is 3.55. The zero-order chi connectivity index (χ0) is 10.7. The van der Waals surface area contributed by atoms with Crippen LogP contribution in [0.4, 0.5) is 0 Å². The number of hydrogen-bond acceptors (Lipinski definition) is 7. The SMILES string of the molecule is NNC(=O)c1nc(-c2cnccn2)no1. The summed E-state index contributed by atoms with van der Waals surface area (Å²) in [6, 6.07) is 0. The summed E-state index contributed by atoms with van der Waals surface area (Å²) < 4.78 is 4.65. The van der Waals surface area contributed by atoms with Crippen molar-refractivity contribution in [1.82, 2.24) is 25.5 Å². The van der Waals surface area contributed by atoms with E-state index in [1.807, 2.05) is 5.43 Å². The first-order chi connectivity index (χ1) is 7.31. The molecule has 3 N–H and O–H groups in total. The molecule has 0 radical (unpaired) electrons. The number of carbonyl (C=O) groups excluding carboxylic acids is 1. The summed E-state index contributed by atoms with van der Waals surface area (Å²) >= 11 is 0. The third-order valence-corrected chi connectivity index (χ3v) is 1.54. The van der Waals surface area contributed by atoms with Crippen LogP contribution in [0.2, 0.25) is 0 Å². The highest BCUT2D eigenvalue weighted by atomic mass is 16.5. The molecule has 8 nitrogen and oxygen atoms in total. The molecule has 2 aromatic heterocycles. The zero-order valence-electron chi connectivity index (χ0n) is 7.41. The Labute approximate surface area is 83.5 Å². The van der Waals surface area contributed by atoms with Gasteiger partial charge in [0.05, 0.1) is 6.20 Å². The first-order valence-electron chi connectivity index (χ1n) is 3.92. The largest absolute Gasteiger partial charge is 0.328 e. The average Bonchev–Trinajstić information content (AvgIpc) is 2.78. The van der Waals surface area contributed by atoms with Crippen LogP contribution in [0.3, 0.4) is 0 Å². The van der Waals surface area contributed by atoms with Crippen LogP contribution in [-0.2, 0) is 0 Å². The molecule has 0 bridgehead atoms. The van der Waals surface area contributed by atoms with E-state index in [0.717, 1.165) is 0 Å². The molecule has 15 heavy (non-hydrogen) atoms. The van der Waals surface area contributed by atoms with Gasteiger partial charge in [0.2, 0.25) is 5.82 Å². The van der Waals surface area contributed by atoms with Gasteiger partial charge in [-0.2, -0.15) is 4.98 Å². The van der Waals surface area contributed by atoms with Crippen molar-refractivity contribution in [2.75, 3.05) is 0 Å². The molecule has 0 fully saturated rings. The summed E-state index contributed by atoms with van der Waals surface area (Å²) in [7, 11) is 0. The Morgan fingerprint density at radius 2 is 2.33 bits per heavy atom. The molecule has 0 unspecified atom stereocenters. The van der Waals surface area contributed by atoms with Gasteiger partial charge in [-0.25, -0.2) is 10.8 Å². The second-order valence-electron chi connectivity index (χ2n) is 2.49. The van der Waals surface area contributed by atoms with Crippen molar-refractivity contribution in [3.05, 3.63) is 24.5 Å². The number of hydrogen-bond donors (Lipinski definition) is 2. The van der Waals surface area contributed by atoms with E-state index < -0.39 is 5.91 Å². The molecule has 0 aliphatic heterocycles. The van der Waals surface area contributed by atoms with Crippen molar-refractivity contribution >= 4 is 5.91 Å². The van der Waals surface area contributed by atoms with Crippen LogP contribution in [0.5, 0.6) is 0 Å². The minimum atomic E-state index is -0.655. The Bertz CT molecular complexity index is 467. The molecule has 0 aromatic carbocycles. The molecule has 0 spiro atoms. The molecule has 76 valence electrons. The van der Waals surface area contributed by atoms with Crippen molar-refractivity contribution in [3.63, 3.8) is 0 Å². The summed E-state index contributed by atoms with van der Waals surface area (Å²) in [6.07, 6.45) is 4.44. The Kier molecular flexibility index (Phi) is 2.33. The fourth-order valence-electron chi connectivity index (χ4n) is 0.896. The maximum absolute atomic E-state index is 11.0. The third kappa shape index (κ3) is 1.79. The van der Waals surface area contributed by atoms with Crippen molar-refractivity contribution in [2.45, 2.75) is 0 Å². The Morgan fingerprint density at radius 1 is 1.47 bits per heavy atom. The van der Waals surface area contributed by atoms with Gasteiger partial charge in [0.1, 0.15) is 5.69 Å². The van der Waals surface area contributed by atoms with Crippen molar-refractivity contribution in [3.8, 4) is 11.5 Å². The highest BCUT2D eigenvalue weighted by Gasteiger charge is 2.15. The van der Waals surface area contributed by atoms with Gasteiger partial charge in [0.15, 0.2) is 0 Å². The zero-order valence-corrected chi connectivity index (χ0v) is 7.41. The van der Waals surface area contributed by atoms with E-state index in [4.69, 9.17) is 5.84 Å². The predicted octanol–water partition coefficient (Wildman–Crippen LogP) is -0.870. The number of aromatic nitrogens is 4. The van der Waals surface area contributed by atoms with E-state index >= 15 is 0 Å². The van der Waals surface area contributed by atoms with Gasteiger partial charge in [-0.15, -0.1) is 0 Å². The summed E-state index contributed by atoms with van der Waals surface area (Å²) in [5.41, 5.74) is 2.29. The number of carbonyl (C=O) groups is 1. The summed E-state index contributed by atoms with van der Waals surface area (Å²) in [5.74, 6) is 4.20. The number of nitrogens with two attached hydrogens (primary N) is 1. The number of nitrogens with zero attached hydrogens (tertiary/aromatic N) is 4. The number of nitrogens with one attached hydrogen (secondary N) is 1. The fraction of sp³-hybridized carbons (Fsp3) is 0. The maximum atomic E-state index is 11.0. The molecule has 0 aliphatic carbocycles. The number of rotatable bonds is 2. The second kappa shape index (κ2) is 3.80. The Morgan fingerprint density at radius 3 is 3.00 bits per heavy atom. The number of hydrazine groups is 1. The van der Waals surface area contributed by atoms with Gasteiger partial charge >= 0.3 is 11.8 Å². The van der Waals surface area contributed by atoms with Gasteiger partial charge in [0, 0.05) is 12.4 Å². The molecule has 0 saturated heterocycles. The summed E-state index contributed by atoms with van der Waals surface area (Å²) in [6.45, 7) is 0. The van der Waals surface area contributed by atoms with E-state index in [2.05, 4.69) is 24.6 Å². The van der Waals surface area contributed by atoms with Gasteiger partial charge in [0.25, 0.3) is 0 Å². The quantitative estimate of drug-likeness (QED) is 0.372. The Hall–Kier alpha value is -2.35. The van der Waals surface area contributed by atoms with Crippen LogP contribution in [0.25, 0.3) is 11.5 Å². The molecule has 1 amide bonds. The van der Waals surface area contributed by atoms with Gasteiger partial charge < -0.3 is 4.52 Å². The van der Waals surface area contributed by atoms with Gasteiger partial charge in [-0.3, -0.25) is 15.2 Å². The van der Waals surface area contributed by atoms with E-state index in [0.29, 0.717) is 5.69 Å². The van der Waals surface area contributed by atoms with Crippen LogP contribution in [0.1, 0.15) is 10.7 Å². The molecule has 8 heteroatoms. The standard InChI is InChI=1S/C7H6N6O2/c8-12-6(14)7-11-5(13-15-7)4-3-9-1-2-10-4/h1-3H,8H2,(H,12,14). The van der Waals surface area contributed by atoms with E-state index in [-0.39, 0.29) is 11.7 Å². The van der Waals surface area contributed by atoms with Crippen LogP contribution < -0.4 is 11.3 Å². The predicted molar refractivity (Wildman–Crippen MR) is 47.0 cm³/mol. The lowest BCUT2D eigenvalue weighted by atomic mass is 10.4. The van der Waals surface area contributed by atoms with Crippen LogP contribution in [-0.4, -0.2) is 26.0 Å². The number of amides is 1. The van der Waals surface area contributed by atoms with Crippen molar-refractivity contribution < 1.29 is 9.32 Å². The van der Waals surface area contributed by atoms with E-state index in [1.165, 1.54) is 18.6 Å². The fourth-order valence-corrected chi connectivity index (χ4v) is 0.896. The first-order valence-corrected chi connectivity index (χ1v) is 3.92. The molecule has 2 aromatic rings. The summed E-state index contributed by atoms with van der Waals surface area (Å²) in [4.78, 5) is 22.5. The normalized spacial score (nSPS) is 9.93. The van der Waals surface area contributed by atoms with E-state index in [1.54, 1.807) is 0 Å². The van der Waals surface area contributed by atoms with Crippen molar-refractivity contribution in [2.24, 2.45) is 5.84 Å². The topological polar surface area (TPSA) is 120 Å². The molecule has 2 heterocycles. The smallest absolute Gasteiger partial charge is 0.323 e. The van der Waals surface area contributed by atoms with Crippen LogP contribution in [0.15, 0.2) is 23.1 Å². The second-order valence-corrected chi connectivity index (χ2v) is 2.49. The lowest BCUT2D eigenvalue weighted by Gasteiger charge is -1.89. The first kappa shape index (κ1) is 9.21. The van der Waals surface area contributed by atoms with Crippen LogP contribution >= 0.6 is 0 Å². The van der Waals surface area contributed by atoms with Crippen molar-refractivity contribution in [1.29, 1.82) is 0 Å². The number of nitrogen functional groups attached to an aromatic ring is 1. The molecular formula is C7H6N6O2. The molecule has 2 rings (SSSR count). The van der Waals surface area contributed by atoms with E-state index in [9.17, 15) is 4.79 Å². The minimum Gasteiger partial charge on any atom is -0.328 e. The third-order valence-electron chi connectivity index (χ3n) is 1.54. The average molecular weight is 206 g/mol. The highest BCUT2D eigenvalue weighted by Crippen LogP contribution is 2.10. The molecule has 0 saturated carbocycles. The maximum Gasteiger partial charge on any atom is 0.323 e. The lowest BCUT2D eigenvalue weighted by molar-refractivity contribution is 0.0910. The monoisotopic (exact) mass is 206 g/mol. The minimum absolute atomic E-state index is 0.182. The Balaban J connectivity index is 2.32. The molecule has 0 aliphatic rings. The highest BCUT2D eigenvalue weighted by molar-refractivity contribution is 5.89. The van der Waals surface area contributed by atoms with Gasteiger partial charge in [-0.1, -0.05) is 5.16 Å².